The molecule has 0 bridgehead atoms. The van der Waals surface area contributed by atoms with E-state index in [-0.39, 0.29) is 5.97 Å². The van der Waals surface area contributed by atoms with Gasteiger partial charge in [0.15, 0.2) is 0 Å². The molecule has 9 nitrogen and oxygen atoms in total. The summed E-state index contributed by atoms with van der Waals surface area (Å²) in [5, 5.41) is 4.28. The molecule has 3 aromatic rings. The van der Waals surface area contributed by atoms with E-state index in [4.69, 9.17) is 14.5 Å². The number of piperazine rings is 1. The second kappa shape index (κ2) is 12.0. The molecule has 34 heavy (non-hydrogen) atoms. The molecule has 0 unspecified atom stereocenters. The number of hydrogen-bond acceptors (Lipinski definition) is 7. The molecule has 1 fully saturated rings. The highest BCUT2D eigenvalue weighted by molar-refractivity contribution is 5.88. The summed E-state index contributed by atoms with van der Waals surface area (Å²) in [7, 11) is 0. The Hall–Kier alpha value is -2.91. The number of hydrogen-bond donors (Lipinski definition) is 0. The van der Waals surface area contributed by atoms with Crippen molar-refractivity contribution in [3.8, 4) is 0 Å². The molecule has 0 N–H and O–H groups in total. The Kier molecular flexibility index (Phi) is 8.54. The fourth-order valence-corrected chi connectivity index (χ4v) is 4.41. The van der Waals surface area contributed by atoms with Crippen molar-refractivity contribution in [2.75, 3.05) is 57.4 Å². The molecule has 0 spiro atoms. The van der Waals surface area contributed by atoms with E-state index in [9.17, 15) is 4.79 Å². The number of esters is 1. The fourth-order valence-electron chi connectivity index (χ4n) is 4.41. The van der Waals surface area contributed by atoms with Crippen LogP contribution in [0.15, 0.2) is 36.7 Å². The maximum atomic E-state index is 11.8. The van der Waals surface area contributed by atoms with E-state index in [1.807, 2.05) is 17.7 Å². The average molecular weight is 469 g/mol. The fraction of sp³-hybridized carbons (Fsp3) is 0.560. The molecule has 9 heteroatoms. The van der Waals surface area contributed by atoms with Gasteiger partial charge in [0.05, 0.1) is 36.0 Å². The topological polar surface area (TPSA) is 77.7 Å². The van der Waals surface area contributed by atoms with Crippen LogP contribution in [0.5, 0.6) is 0 Å². The summed E-state index contributed by atoms with van der Waals surface area (Å²) in [5.74, 6) is 0.745. The van der Waals surface area contributed by atoms with Crippen molar-refractivity contribution < 1.29 is 14.3 Å². The number of benzene rings is 1. The smallest absolute Gasteiger partial charge is 0.341 e. The van der Waals surface area contributed by atoms with Crippen molar-refractivity contribution in [3.05, 3.63) is 42.2 Å². The van der Waals surface area contributed by atoms with E-state index in [0.717, 1.165) is 76.7 Å². The number of carbonyl (C=O) groups excluding carboxylic acids is 1. The third kappa shape index (κ3) is 5.95. The maximum Gasteiger partial charge on any atom is 0.341 e. The Bertz CT molecular complexity index is 1050. The first-order valence-electron chi connectivity index (χ1n) is 12.4. The zero-order valence-corrected chi connectivity index (χ0v) is 20.4. The Morgan fingerprint density at radius 1 is 1.00 bits per heavy atom. The van der Waals surface area contributed by atoms with Crippen LogP contribution in [0.4, 0.5) is 5.95 Å². The molecule has 0 radical (unpaired) electrons. The lowest BCUT2D eigenvalue weighted by Crippen LogP contribution is -2.47. The minimum atomic E-state index is -0.307. The van der Waals surface area contributed by atoms with Crippen LogP contribution in [-0.2, 0) is 22.6 Å². The van der Waals surface area contributed by atoms with E-state index in [2.05, 4.69) is 37.7 Å². The number of unbranched alkanes of at least 4 members (excludes halogenated alkanes) is 1. The summed E-state index contributed by atoms with van der Waals surface area (Å²) in [5.41, 5.74) is 2.73. The lowest BCUT2D eigenvalue weighted by molar-refractivity contribution is 0.0526. The molecular weight excluding hydrogens is 432 g/mol. The van der Waals surface area contributed by atoms with Gasteiger partial charge >= 0.3 is 5.97 Å². The van der Waals surface area contributed by atoms with Gasteiger partial charge in [0.1, 0.15) is 0 Å². The number of ether oxygens (including phenoxy) is 2. The average Bonchev–Trinajstić information content (AvgIpc) is 3.48. The molecule has 1 saturated heterocycles. The Morgan fingerprint density at radius 2 is 1.79 bits per heavy atom. The molecule has 4 rings (SSSR count). The van der Waals surface area contributed by atoms with Gasteiger partial charge in [0, 0.05) is 52.1 Å². The van der Waals surface area contributed by atoms with Crippen LogP contribution < -0.4 is 4.90 Å². The zero-order valence-electron chi connectivity index (χ0n) is 20.4. The number of fused-ring (bicyclic) bond motifs is 1. The van der Waals surface area contributed by atoms with Gasteiger partial charge in [-0.2, -0.15) is 5.10 Å². The summed E-state index contributed by atoms with van der Waals surface area (Å²) in [6.45, 7) is 12.3. The van der Waals surface area contributed by atoms with Gasteiger partial charge in [-0.3, -0.25) is 9.58 Å². The third-order valence-electron chi connectivity index (χ3n) is 6.21. The summed E-state index contributed by atoms with van der Waals surface area (Å²) in [6, 6.07) is 8.35. The molecule has 1 aliphatic heterocycles. The Labute approximate surface area is 201 Å². The molecule has 2 aromatic heterocycles. The van der Waals surface area contributed by atoms with E-state index in [1.165, 1.54) is 5.52 Å². The number of imidazole rings is 1. The number of para-hydroxylation sites is 2. The van der Waals surface area contributed by atoms with Gasteiger partial charge in [-0.05, 0) is 45.4 Å². The van der Waals surface area contributed by atoms with E-state index in [1.54, 1.807) is 19.3 Å². The lowest BCUT2D eigenvalue weighted by Gasteiger charge is -2.35. The number of rotatable bonds is 12. The van der Waals surface area contributed by atoms with Gasteiger partial charge < -0.3 is 18.9 Å². The van der Waals surface area contributed by atoms with Crippen molar-refractivity contribution in [2.45, 2.75) is 39.8 Å². The standard InChI is InChI=1S/C25H36N6O3/c1-3-33-18-17-31-23-10-6-5-9-22(23)27-25(31)29-15-13-28(14-16-29)11-7-8-12-30-20-21(19-26-30)24(32)34-4-2/h5-6,9-10,19-20H,3-4,7-8,11-18H2,1-2H3. The highest BCUT2D eigenvalue weighted by atomic mass is 16.5. The van der Waals surface area contributed by atoms with Crippen LogP contribution in [0.25, 0.3) is 11.0 Å². The van der Waals surface area contributed by atoms with Gasteiger partial charge in [-0.25, -0.2) is 9.78 Å². The van der Waals surface area contributed by atoms with Gasteiger partial charge in [-0.1, -0.05) is 12.1 Å². The summed E-state index contributed by atoms with van der Waals surface area (Å²) < 4.78 is 14.8. The quantitative estimate of drug-likeness (QED) is 0.299. The number of aromatic nitrogens is 4. The minimum absolute atomic E-state index is 0.307. The van der Waals surface area contributed by atoms with Crippen molar-refractivity contribution in [1.29, 1.82) is 0 Å². The van der Waals surface area contributed by atoms with Crippen LogP contribution >= 0.6 is 0 Å². The van der Waals surface area contributed by atoms with Crippen LogP contribution in [-0.4, -0.2) is 82.7 Å². The first-order valence-corrected chi connectivity index (χ1v) is 12.4. The van der Waals surface area contributed by atoms with Crippen LogP contribution in [0, 0.1) is 0 Å². The van der Waals surface area contributed by atoms with Crippen molar-refractivity contribution >= 4 is 23.0 Å². The van der Waals surface area contributed by atoms with Gasteiger partial charge in [-0.15, -0.1) is 0 Å². The lowest BCUT2D eigenvalue weighted by atomic mass is 10.2. The predicted molar refractivity (Wildman–Crippen MR) is 132 cm³/mol. The highest BCUT2D eigenvalue weighted by Gasteiger charge is 2.22. The van der Waals surface area contributed by atoms with Crippen LogP contribution in [0.1, 0.15) is 37.0 Å². The Morgan fingerprint density at radius 3 is 2.59 bits per heavy atom. The van der Waals surface area contributed by atoms with E-state index < -0.39 is 0 Å². The van der Waals surface area contributed by atoms with Gasteiger partial charge in [0.2, 0.25) is 5.95 Å². The second-order valence-corrected chi connectivity index (χ2v) is 8.50. The minimum Gasteiger partial charge on any atom is -0.462 e. The number of nitrogens with zero attached hydrogens (tertiary/aromatic N) is 6. The largest absolute Gasteiger partial charge is 0.462 e. The van der Waals surface area contributed by atoms with E-state index >= 15 is 0 Å². The molecule has 0 aliphatic carbocycles. The summed E-state index contributed by atoms with van der Waals surface area (Å²) in [4.78, 5) is 21.6. The number of carbonyl (C=O) groups is 1. The second-order valence-electron chi connectivity index (χ2n) is 8.50. The van der Waals surface area contributed by atoms with Crippen molar-refractivity contribution in [3.63, 3.8) is 0 Å². The summed E-state index contributed by atoms with van der Waals surface area (Å²) in [6.07, 6.45) is 5.48. The molecular formula is C25H36N6O3. The maximum absolute atomic E-state index is 11.8. The molecule has 184 valence electrons. The number of anilines is 1. The van der Waals surface area contributed by atoms with Crippen LogP contribution in [0.2, 0.25) is 0 Å². The molecule has 0 atom stereocenters. The summed E-state index contributed by atoms with van der Waals surface area (Å²) >= 11 is 0. The predicted octanol–water partition coefficient (Wildman–Crippen LogP) is 3.05. The Balaban J connectivity index is 1.24. The zero-order chi connectivity index (χ0) is 23.8. The first-order chi connectivity index (χ1) is 16.7. The molecule has 0 amide bonds. The monoisotopic (exact) mass is 468 g/mol. The van der Waals surface area contributed by atoms with E-state index in [0.29, 0.717) is 18.8 Å². The molecule has 1 aromatic carbocycles. The van der Waals surface area contributed by atoms with Crippen molar-refractivity contribution in [1.82, 2.24) is 24.2 Å². The first kappa shape index (κ1) is 24.2. The highest BCUT2D eigenvalue weighted by Crippen LogP contribution is 2.23. The molecule has 1 aliphatic rings. The third-order valence-corrected chi connectivity index (χ3v) is 6.21. The molecule has 3 heterocycles. The normalized spacial score (nSPS) is 14.7. The molecule has 0 saturated carbocycles. The van der Waals surface area contributed by atoms with Crippen molar-refractivity contribution in [2.24, 2.45) is 0 Å². The number of aryl methyl sites for hydroxylation is 1. The van der Waals surface area contributed by atoms with Gasteiger partial charge in [0.25, 0.3) is 0 Å². The van der Waals surface area contributed by atoms with Crippen LogP contribution in [0.3, 0.4) is 0 Å². The SMILES string of the molecule is CCOCCn1c(N2CCN(CCCCn3cc(C(=O)OCC)cn3)CC2)nc2ccccc21.